The van der Waals surface area contributed by atoms with Gasteiger partial charge in [-0.05, 0) is 66.9 Å². The minimum atomic E-state index is -5.08. The molecule has 0 radical (unpaired) electrons. The van der Waals surface area contributed by atoms with Gasteiger partial charge in [-0.15, -0.1) is 0 Å². The fraction of sp³-hybridized carbons (Fsp3) is 0.538. The molecular formula is C26H31F3N2O5. The molecule has 2 aromatic rings. The molecule has 1 atom stereocenters. The van der Waals surface area contributed by atoms with Crippen molar-refractivity contribution >= 4 is 11.9 Å². The van der Waals surface area contributed by atoms with Crippen LogP contribution in [-0.4, -0.2) is 72.4 Å². The van der Waals surface area contributed by atoms with Crippen LogP contribution in [0.5, 0.6) is 0 Å². The largest absolute Gasteiger partial charge is 0.490 e. The summed E-state index contributed by atoms with van der Waals surface area (Å²) >= 11 is 0. The minimum absolute atomic E-state index is 0.228. The number of nitrogens with zero attached hydrogens (tertiary/aromatic N) is 2. The number of alkyl halides is 3. The Morgan fingerprint density at radius 2 is 1.69 bits per heavy atom. The molecule has 0 saturated carbocycles. The van der Waals surface area contributed by atoms with E-state index in [2.05, 4.69) is 35.2 Å². The average Bonchev–Trinajstić information content (AvgIpc) is 3.48. The Morgan fingerprint density at radius 1 is 1.03 bits per heavy atom. The molecule has 3 heterocycles. The summed E-state index contributed by atoms with van der Waals surface area (Å²) in [6.45, 7) is 5.87. The minimum Gasteiger partial charge on any atom is -0.475 e. The number of carboxylic acid groups (broad SMARTS) is 1. The van der Waals surface area contributed by atoms with Crippen LogP contribution in [0.1, 0.15) is 48.5 Å². The number of furan rings is 1. The van der Waals surface area contributed by atoms with Gasteiger partial charge in [-0.2, -0.15) is 13.2 Å². The van der Waals surface area contributed by atoms with E-state index in [4.69, 9.17) is 19.1 Å². The Morgan fingerprint density at radius 3 is 2.31 bits per heavy atom. The van der Waals surface area contributed by atoms with Gasteiger partial charge in [-0.3, -0.25) is 9.69 Å². The lowest BCUT2D eigenvalue weighted by Gasteiger charge is -2.40. The summed E-state index contributed by atoms with van der Waals surface area (Å²) < 4.78 is 42.7. The molecule has 1 spiro atoms. The van der Waals surface area contributed by atoms with E-state index in [1.807, 2.05) is 11.0 Å². The van der Waals surface area contributed by atoms with Crippen LogP contribution in [0, 0.1) is 0 Å². The Labute approximate surface area is 207 Å². The molecule has 1 aromatic carbocycles. The molecule has 0 bridgehead atoms. The number of halogens is 3. The number of carbonyl (C=O) groups is 2. The van der Waals surface area contributed by atoms with E-state index in [1.54, 1.807) is 6.26 Å². The first-order valence-corrected chi connectivity index (χ1v) is 12.2. The monoisotopic (exact) mass is 508 g/mol. The third kappa shape index (κ3) is 6.10. The van der Waals surface area contributed by atoms with Crippen molar-refractivity contribution in [3.63, 3.8) is 0 Å². The third-order valence-corrected chi connectivity index (χ3v) is 7.41. The van der Waals surface area contributed by atoms with Gasteiger partial charge in [0.1, 0.15) is 5.76 Å². The Kier molecular flexibility index (Phi) is 8.04. The van der Waals surface area contributed by atoms with Crippen LogP contribution in [0.25, 0.3) is 0 Å². The summed E-state index contributed by atoms with van der Waals surface area (Å²) in [5.41, 5.74) is 3.14. The number of benzene rings is 1. The Hall–Kier alpha value is -2.85. The number of piperidine rings is 1. The number of fused-ring (bicyclic) bond motifs is 2. The number of hydrogen-bond acceptors (Lipinski definition) is 5. The lowest BCUT2D eigenvalue weighted by atomic mass is 9.73. The highest BCUT2D eigenvalue weighted by Gasteiger charge is 2.46. The Bertz CT molecular complexity index is 1030. The summed E-state index contributed by atoms with van der Waals surface area (Å²) in [6, 6.07) is 12.9. The molecular weight excluding hydrogens is 477 g/mol. The molecule has 1 N–H and O–H groups in total. The van der Waals surface area contributed by atoms with Gasteiger partial charge in [0.05, 0.1) is 26.0 Å². The zero-order chi connectivity index (χ0) is 25.8. The topological polar surface area (TPSA) is 83.2 Å². The van der Waals surface area contributed by atoms with Crippen LogP contribution in [0.4, 0.5) is 13.2 Å². The highest BCUT2D eigenvalue weighted by Crippen LogP contribution is 2.52. The van der Waals surface area contributed by atoms with Crippen LogP contribution >= 0.6 is 0 Å². The fourth-order valence-corrected chi connectivity index (χ4v) is 5.60. The van der Waals surface area contributed by atoms with Gasteiger partial charge in [-0.1, -0.05) is 24.3 Å². The number of aliphatic carboxylic acids is 1. The fourth-order valence-electron chi connectivity index (χ4n) is 5.60. The molecule has 1 aliphatic carbocycles. The second-order valence-corrected chi connectivity index (χ2v) is 9.62. The quantitative estimate of drug-likeness (QED) is 0.667. The molecule has 196 valence electrons. The van der Waals surface area contributed by atoms with Crippen LogP contribution in [-0.2, 0) is 26.3 Å². The predicted octanol–water partition coefficient (Wildman–Crippen LogP) is 4.18. The van der Waals surface area contributed by atoms with Crippen LogP contribution in [0.2, 0.25) is 0 Å². The van der Waals surface area contributed by atoms with Crippen LogP contribution in [0.15, 0.2) is 47.1 Å². The maximum Gasteiger partial charge on any atom is 0.490 e. The highest BCUT2D eigenvalue weighted by molar-refractivity contribution is 5.77. The van der Waals surface area contributed by atoms with Crippen molar-refractivity contribution in [2.24, 2.45) is 0 Å². The smallest absolute Gasteiger partial charge is 0.475 e. The lowest BCUT2D eigenvalue weighted by molar-refractivity contribution is -0.192. The zero-order valence-electron chi connectivity index (χ0n) is 20.0. The normalized spacial score (nSPS) is 21.5. The van der Waals surface area contributed by atoms with E-state index in [1.165, 1.54) is 11.1 Å². The van der Waals surface area contributed by atoms with E-state index >= 15 is 0 Å². The summed E-state index contributed by atoms with van der Waals surface area (Å²) in [7, 11) is 0. The molecule has 36 heavy (non-hydrogen) atoms. The predicted molar refractivity (Wildman–Crippen MR) is 124 cm³/mol. The molecule has 2 aliphatic heterocycles. The van der Waals surface area contributed by atoms with Crippen molar-refractivity contribution in [1.82, 2.24) is 9.80 Å². The van der Waals surface area contributed by atoms with Gasteiger partial charge in [0, 0.05) is 19.5 Å². The van der Waals surface area contributed by atoms with Gasteiger partial charge < -0.3 is 19.2 Å². The summed E-state index contributed by atoms with van der Waals surface area (Å²) in [5.74, 6) is -1.08. The number of amides is 1. The molecule has 7 nitrogen and oxygen atoms in total. The summed E-state index contributed by atoms with van der Waals surface area (Å²) in [6.07, 6.45) is 0.732. The van der Waals surface area contributed by atoms with E-state index in [0.29, 0.717) is 31.5 Å². The number of morpholine rings is 1. The van der Waals surface area contributed by atoms with Crippen molar-refractivity contribution < 1.29 is 37.0 Å². The molecule has 10 heteroatoms. The van der Waals surface area contributed by atoms with Crippen molar-refractivity contribution in [2.45, 2.75) is 49.7 Å². The Balaban J connectivity index is 0.000000384. The van der Waals surface area contributed by atoms with E-state index < -0.39 is 12.1 Å². The number of ether oxygens (including phenoxy) is 1. The number of rotatable bonds is 4. The third-order valence-electron chi connectivity index (χ3n) is 7.41. The number of carbonyl (C=O) groups excluding carboxylic acids is 1. The first-order chi connectivity index (χ1) is 17.2. The molecule has 2 fully saturated rings. The molecule has 1 aromatic heterocycles. The first-order valence-electron chi connectivity index (χ1n) is 12.2. The van der Waals surface area contributed by atoms with Gasteiger partial charge in [0.2, 0.25) is 5.91 Å². The van der Waals surface area contributed by atoms with Gasteiger partial charge in [-0.25, -0.2) is 4.79 Å². The van der Waals surface area contributed by atoms with Crippen molar-refractivity contribution in [3.05, 3.63) is 59.5 Å². The standard InChI is InChI=1S/C24H30N2O3.C2HF3O2/c27-23(26-11-14-28-15-12-26)16-19-17-24(22-6-2-1-5-21(19)22)7-9-25(10-8-24)18-20-4-3-13-29-20;3-2(4,5)1(6)7/h1-6,13,19H,7-12,14-18H2;(H,6,7). The lowest BCUT2D eigenvalue weighted by Crippen LogP contribution is -2.42. The van der Waals surface area contributed by atoms with Crippen molar-refractivity contribution in [1.29, 1.82) is 0 Å². The molecule has 2 saturated heterocycles. The molecule has 3 aliphatic rings. The summed E-state index contributed by atoms with van der Waals surface area (Å²) in [4.78, 5) is 26.3. The van der Waals surface area contributed by atoms with Gasteiger partial charge in [0.25, 0.3) is 0 Å². The number of hydrogen-bond donors (Lipinski definition) is 1. The van der Waals surface area contributed by atoms with E-state index in [-0.39, 0.29) is 5.41 Å². The molecule has 5 rings (SSSR count). The molecule has 1 amide bonds. The van der Waals surface area contributed by atoms with Gasteiger partial charge in [0.15, 0.2) is 0 Å². The maximum atomic E-state index is 12.9. The zero-order valence-corrected chi connectivity index (χ0v) is 20.0. The highest BCUT2D eigenvalue weighted by atomic mass is 19.4. The molecule has 1 unspecified atom stereocenters. The second kappa shape index (κ2) is 11.0. The number of carboxylic acids is 1. The first kappa shape index (κ1) is 26.2. The van der Waals surface area contributed by atoms with E-state index in [9.17, 15) is 18.0 Å². The van der Waals surface area contributed by atoms with Gasteiger partial charge >= 0.3 is 12.1 Å². The average molecular weight is 509 g/mol. The van der Waals surface area contributed by atoms with Crippen molar-refractivity contribution in [3.8, 4) is 0 Å². The van der Waals surface area contributed by atoms with Crippen LogP contribution in [0.3, 0.4) is 0 Å². The maximum absolute atomic E-state index is 12.9. The summed E-state index contributed by atoms with van der Waals surface area (Å²) in [5, 5.41) is 7.12. The van der Waals surface area contributed by atoms with E-state index in [0.717, 1.165) is 57.7 Å². The number of likely N-dealkylation sites (tertiary alicyclic amines) is 1. The SMILES string of the molecule is O=C(CC1CC2(CCN(Cc3ccco3)CC2)c2ccccc21)N1CCOCC1.O=C(O)C(F)(F)F. The second-order valence-electron chi connectivity index (χ2n) is 9.62. The van der Waals surface area contributed by atoms with Crippen LogP contribution < -0.4 is 0 Å². The van der Waals surface area contributed by atoms with Crippen molar-refractivity contribution in [2.75, 3.05) is 39.4 Å².